The number of nitrogens with zero attached hydrogens (tertiary/aromatic N) is 2. The van der Waals surface area contributed by atoms with E-state index in [-0.39, 0.29) is 0 Å². The first-order valence-electron chi connectivity index (χ1n) is 9.00. The summed E-state index contributed by atoms with van der Waals surface area (Å²) >= 11 is 6.25. The van der Waals surface area contributed by atoms with E-state index < -0.39 is 0 Å². The topological polar surface area (TPSA) is 28.2 Å². The number of aromatic nitrogens is 1. The van der Waals surface area contributed by atoms with E-state index in [0.29, 0.717) is 6.04 Å². The Bertz CT molecular complexity index is 680. The molecule has 132 valence electrons. The molecule has 1 heterocycles. The summed E-state index contributed by atoms with van der Waals surface area (Å²) < 4.78 is 0. The number of halogens is 1. The third kappa shape index (κ3) is 4.61. The second-order valence-electron chi connectivity index (χ2n) is 6.65. The van der Waals surface area contributed by atoms with Crippen molar-refractivity contribution in [2.75, 3.05) is 25.0 Å². The molecule has 3 nitrogen and oxygen atoms in total. The van der Waals surface area contributed by atoms with Gasteiger partial charge in [0.15, 0.2) is 0 Å². The highest BCUT2D eigenvalue weighted by atomic mass is 35.5. The second-order valence-corrected chi connectivity index (χ2v) is 7.06. The van der Waals surface area contributed by atoms with Crippen LogP contribution in [-0.2, 0) is 0 Å². The van der Waals surface area contributed by atoms with E-state index >= 15 is 0 Å². The van der Waals surface area contributed by atoms with E-state index in [0.717, 1.165) is 41.0 Å². The molecule has 0 aliphatic rings. The Balaban J connectivity index is 2.11. The van der Waals surface area contributed by atoms with Crippen molar-refractivity contribution in [2.24, 2.45) is 0 Å². The summed E-state index contributed by atoms with van der Waals surface area (Å²) in [4.78, 5) is 7.00. The molecule has 0 saturated carbocycles. The molecule has 1 N–H and O–H groups in total. The number of fused-ring (bicyclic) bond motifs is 1. The van der Waals surface area contributed by atoms with Gasteiger partial charge in [-0.2, -0.15) is 0 Å². The minimum atomic E-state index is 0.431. The van der Waals surface area contributed by atoms with Gasteiger partial charge in [0.1, 0.15) is 0 Å². The standard InChI is InChI=1S/C20H30ClN3/c1-6-24(7-2)10-8-9-16(5)23-20-15(4)13-22-19-12-18(21)14(3)11-17(19)20/h11-13,16H,6-10H2,1-5H3,(H,22,23)/t16-/m0/s1. The number of nitrogens with one attached hydrogen (secondary N) is 1. The van der Waals surface area contributed by atoms with Crippen LogP contribution in [0.1, 0.15) is 44.7 Å². The minimum absolute atomic E-state index is 0.431. The van der Waals surface area contributed by atoms with Gasteiger partial charge >= 0.3 is 0 Å². The van der Waals surface area contributed by atoms with Crippen LogP contribution in [0.4, 0.5) is 5.69 Å². The van der Waals surface area contributed by atoms with Crippen molar-refractivity contribution in [2.45, 2.75) is 53.5 Å². The van der Waals surface area contributed by atoms with E-state index in [1.165, 1.54) is 24.2 Å². The van der Waals surface area contributed by atoms with Crippen LogP contribution in [0.5, 0.6) is 0 Å². The molecule has 0 radical (unpaired) electrons. The van der Waals surface area contributed by atoms with Crippen molar-refractivity contribution >= 4 is 28.2 Å². The van der Waals surface area contributed by atoms with Gasteiger partial charge in [-0.1, -0.05) is 25.4 Å². The van der Waals surface area contributed by atoms with E-state index in [9.17, 15) is 0 Å². The summed E-state index contributed by atoms with van der Waals surface area (Å²) in [7, 11) is 0. The summed E-state index contributed by atoms with van der Waals surface area (Å²) in [5.41, 5.74) is 4.41. The van der Waals surface area contributed by atoms with Crippen molar-refractivity contribution in [1.29, 1.82) is 0 Å². The first kappa shape index (κ1) is 19.0. The maximum absolute atomic E-state index is 6.25. The molecule has 2 rings (SSSR count). The number of aryl methyl sites for hydroxylation is 2. The average molecular weight is 348 g/mol. The van der Waals surface area contributed by atoms with E-state index in [1.54, 1.807) is 0 Å². The molecular weight excluding hydrogens is 318 g/mol. The van der Waals surface area contributed by atoms with Gasteiger partial charge in [-0.25, -0.2) is 0 Å². The summed E-state index contributed by atoms with van der Waals surface area (Å²) in [6.45, 7) is 14.3. The van der Waals surface area contributed by atoms with Crippen molar-refractivity contribution in [3.05, 3.63) is 34.5 Å². The Kier molecular flexibility index (Phi) is 6.88. The lowest BCUT2D eigenvalue weighted by Gasteiger charge is -2.22. The molecular formula is C20H30ClN3. The Morgan fingerprint density at radius 1 is 1.17 bits per heavy atom. The highest BCUT2D eigenvalue weighted by Gasteiger charge is 2.11. The molecule has 0 fully saturated rings. The molecule has 0 bridgehead atoms. The molecule has 0 spiro atoms. The summed E-state index contributed by atoms with van der Waals surface area (Å²) in [5, 5.41) is 5.64. The predicted octanol–water partition coefficient (Wildman–Crippen LogP) is 5.43. The Morgan fingerprint density at radius 2 is 1.88 bits per heavy atom. The molecule has 1 aromatic carbocycles. The molecule has 0 unspecified atom stereocenters. The van der Waals surface area contributed by atoms with E-state index in [1.807, 2.05) is 19.2 Å². The third-order valence-electron chi connectivity index (χ3n) is 4.73. The molecule has 0 amide bonds. The SMILES string of the molecule is CCN(CC)CCC[C@H](C)Nc1c(C)cnc2cc(Cl)c(C)cc12. The van der Waals surface area contributed by atoms with E-state index in [4.69, 9.17) is 11.6 Å². The molecule has 0 aliphatic heterocycles. The lowest BCUT2D eigenvalue weighted by atomic mass is 10.1. The summed E-state index contributed by atoms with van der Waals surface area (Å²) in [5.74, 6) is 0. The van der Waals surface area contributed by atoms with Crippen LogP contribution in [0, 0.1) is 13.8 Å². The highest BCUT2D eigenvalue weighted by Crippen LogP contribution is 2.30. The predicted molar refractivity (Wildman–Crippen MR) is 106 cm³/mol. The van der Waals surface area contributed by atoms with Gasteiger partial charge in [0.25, 0.3) is 0 Å². The van der Waals surface area contributed by atoms with Gasteiger partial charge in [-0.15, -0.1) is 0 Å². The van der Waals surface area contributed by atoms with Crippen molar-refractivity contribution in [3.63, 3.8) is 0 Å². The monoisotopic (exact) mass is 347 g/mol. The van der Waals surface area contributed by atoms with Gasteiger partial charge < -0.3 is 10.2 Å². The molecule has 0 aliphatic carbocycles. The first-order valence-corrected chi connectivity index (χ1v) is 9.38. The zero-order chi connectivity index (χ0) is 17.7. The second kappa shape index (κ2) is 8.68. The van der Waals surface area contributed by atoms with Crippen LogP contribution in [0.3, 0.4) is 0 Å². The zero-order valence-corrected chi connectivity index (χ0v) is 16.4. The first-order chi connectivity index (χ1) is 11.5. The van der Waals surface area contributed by atoms with Gasteiger partial charge in [0, 0.05) is 28.3 Å². The lowest BCUT2D eigenvalue weighted by Crippen LogP contribution is -2.25. The van der Waals surface area contributed by atoms with Crippen LogP contribution >= 0.6 is 11.6 Å². The van der Waals surface area contributed by atoms with Crippen LogP contribution < -0.4 is 5.32 Å². The smallest absolute Gasteiger partial charge is 0.0737 e. The number of anilines is 1. The Labute approximate surface area is 151 Å². The molecule has 4 heteroatoms. The highest BCUT2D eigenvalue weighted by molar-refractivity contribution is 6.32. The average Bonchev–Trinajstić information content (AvgIpc) is 2.56. The Hall–Kier alpha value is -1.32. The summed E-state index contributed by atoms with van der Waals surface area (Å²) in [6, 6.07) is 4.53. The number of pyridine rings is 1. The number of hydrogen-bond acceptors (Lipinski definition) is 3. The Morgan fingerprint density at radius 3 is 2.54 bits per heavy atom. The van der Waals surface area contributed by atoms with Gasteiger partial charge in [-0.3, -0.25) is 4.98 Å². The molecule has 2 aromatic rings. The number of benzene rings is 1. The maximum Gasteiger partial charge on any atom is 0.0737 e. The fraction of sp³-hybridized carbons (Fsp3) is 0.550. The van der Waals surface area contributed by atoms with Crippen LogP contribution in [0.15, 0.2) is 18.3 Å². The molecule has 1 atom stereocenters. The number of rotatable bonds is 8. The zero-order valence-electron chi connectivity index (χ0n) is 15.6. The molecule has 0 saturated heterocycles. The largest absolute Gasteiger partial charge is 0.382 e. The molecule has 24 heavy (non-hydrogen) atoms. The van der Waals surface area contributed by atoms with Gasteiger partial charge in [0.05, 0.1) is 5.52 Å². The molecule has 1 aromatic heterocycles. The summed E-state index contributed by atoms with van der Waals surface area (Å²) in [6.07, 6.45) is 4.30. The fourth-order valence-corrected chi connectivity index (χ4v) is 3.25. The minimum Gasteiger partial charge on any atom is -0.382 e. The van der Waals surface area contributed by atoms with E-state index in [2.05, 4.69) is 49.0 Å². The van der Waals surface area contributed by atoms with Gasteiger partial charge in [-0.05, 0) is 76.5 Å². The van der Waals surface area contributed by atoms with Crippen LogP contribution in [-0.4, -0.2) is 35.6 Å². The lowest BCUT2D eigenvalue weighted by molar-refractivity contribution is 0.295. The maximum atomic E-state index is 6.25. The third-order valence-corrected chi connectivity index (χ3v) is 5.14. The number of hydrogen-bond donors (Lipinski definition) is 1. The van der Waals surface area contributed by atoms with Crippen LogP contribution in [0.2, 0.25) is 5.02 Å². The van der Waals surface area contributed by atoms with Gasteiger partial charge in [0.2, 0.25) is 0 Å². The fourth-order valence-electron chi connectivity index (χ4n) is 3.09. The van der Waals surface area contributed by atoms with Crippen molar-refractivity contribution in [3.8, 4) is 0 Å². The normalized spacial score (nSPS) is 12.8. The van der Waals surface area contributed by atoms with Crippen LogP contribution in [0.25, 0.3) is 10.9 Å². The van der Waals surface area contributed by atoms with Crippen molar-refractivity contribution in [1.82, 2.24) is 9.88 Å². The van der Waals surface area contributed by atoms with Crippen molar-refractivity contribution < 1.29 is 0 Å². The quantitative estimate of drug-likeness (QED) is 0.690.